The number of carbonyl (C=O) groups is 1. The second kappa shape index (κ2) is 1.91. The molecule has 9 heavy (non-hydrogen) atoms. The second-order valence-electron chi connectivity index (χ2n) is 3.19. The Kier molecular flexibility index (Phi) is 1.48. The molecule has 1 heterocycles. The molecule has 0 aromatic rings. The van der Waals surface area contributed by atoms with E-state index < -0.39 is 7.92 Å². The van der Waals surface area contributed by atoms with Crippen LogP contribution in [0, 0.1) is 0 Å². The molecule has 0 saturated heterocycles. The van der Waals surface area contributed by atoms with E-state index in [-0.39, 0.29) is 5.16 Å². The van der Waals surface area contributed by atoms with E-state index in [1.807, 2.05) is 5.82 Å². The van der Waals surface area contributed by atoms with Crippen LogP contribution in [0.25, 0.3) is 0 Å². The number of carbonyl (C=O) groups excluding carboxylic acids is 1. The molecule has 1 nitrogen and oxygen atoms in total. The smallest absolute Gasteiger partial charge is 0.181 e. The standard InChI is InChI=1S/C7H11OP/c1-7(2,3)9-5-4-6(9)8/h4-5H,1-3H3. The summed E-state index contributed by atoms with van der Waals surface area (Å²) in [6, 6.07) is 0. The van der Waals surface area contributed by atoms with Crippen LogP contribution in [0.5, 0.6) is 0 Å². The van der Waals surface area contributed by atoms with Crippen LogP contribution in [0.3, 0.4) is 0 Å². The molecule has 0 spiro atoms. The Labute approximate surface area is 56.9 Å². The summed E-state index contributed by atoms with van der Waals surface area (Å²) in [7, 11) is -0.419. The molecular formula is C7H11OP. The molecule has 1 atom stereocenters. The zero-order valence-electron chi connectivity index (χ0n) is 6.01. The van der Waals surface area contributed by atoms with Crippen molar-refractivity contribution in [2.75, 3.05) is 0 Å². The second-order valence-corrected chi connectivity index (χ2v) is 6.02. The molecule has 0 aromatic carbocycles. The minimum absolute atomic E-state index is 0.196. The van der Waals surface area contributed by atoms with Crippen molar-refractivity contribution >= 4 is 13.4 Å². The molecule has 1 aliphatic rings. The van der Waals surface area contributed by atoms with Gasteiger partial charge in [-0.1, -0.05) is 20.8 Å². The molecule has 1 unspecified atom stereocenters. The summed E-state index contributed by atoms with van der Waals surface area (Å²) in [5.41, 5.74) is 0.345. The summed E-state index contributed by atoms with van der Waals surface area (Å²) in [5.74, 6) is 2.04. The molecule has 0 amide bonds. The summed E-state index contributed by atoms with van der Waals surface area (Å²) in [6.07, 6.45) is 1.68. The molecule has 0 aromatic heterocycles. The summed E-state index contributed by atoms with van der Waals surface area (Å²) in [6.45, 7) is 6.33. The van der Waals surface area contributed by atoms with Gasteiger partial charge in [0.15, 0.2) is 5.52 Å². The van der Waals surface area contributed by atoms with Crippen LogP contribution < -0.4 is 0 Å². The largest absolute Gasteiger partial charge is 0.289 e. The van der Waals surface area contributed by atoms with Crippen molar-refractivity contribution < 1.29 is 4.79 Å². The predicted octanol–water partition coefficient (Wildman–Crippen LogP) is 2.32. The Morgan fingerprint density at radius 1 is 1.44 bits per heavy atom. The molecule has 0 radical (unpaired) electrons. The Balaban J connectivity index is 2.67. The lowest BCUT2D eigenvalue weighted by Gasteiger charge is -2.30. The van der Waals surface area contributed by atoms with E-state index in [1.54, 1.807) is 6.08 Å². The lowest BCUT2D eigenvalue weighted by molar-refractivity contribution is -0.107. The van der Waals surface area contributed by atoms with Crippen LogP contribution in [0.15, 0.2) is 11.9 Å². The molecule has 1 aliphatic heterocycles. The van der Waals surface area contributed by atoms with Gasteiger partial charge in [-0.3, -0.25) is 4.79 Å². The van der Waals surface area contributed by atoms with Gasteiger partial charge < -0.3 is 0 Å². The third-order valence-corrected chi connectivity index (χ3v) is 3.84. The summed E-state index contributed by atoms with van der Waals surface area (Å²) < 4.78 is 0. The van der Waals surface area contributed by atoms with Gasteiger partial charge in [0.25, 0.3) is 0 Å². The van der Waals surface area contributed by atoms with Crippen LogP contribution in [0.2, 0.25) is 0 Å². The van der Waals surface area contributed by atoms with Gasteiger partial charge in [-0.05, 0) is 25.0 Å². The molecule has 0 bridgehead atoms. The minimum Gasteiger partial charge on any atom is -0.289 e. The van der Waals surface area contributed by atoms with Gasteiger partial charge >= 0.3 is 0 Å². The van der Waals surface area contributed by atoms with Gasteiger partial charge in [0.2, 0.25) is 0 Å². The number of allylic oxidation sites excluding steroid dienone is 1. The van der Waals surface area contributed by atoms with E-state index in [2.05, 4.69) is 20.8 Å². The molecule has 0 N–H and O–H groups in total. The van der Waals surface area contributed by atoms with E-state index in [4.69, 9.17) is 0 Å². The average molecular weight is 142 g/mol. The highest BCUT2D eigenvalue weighted by molar-refractivity contribution is 7.81. The fourth-order valence-electron chi connectivity index (χ4n) is 0.764. The van der Waals surface area contributed by atoms with E-state index in [9.17, 15) is 4.79 Å². The Morgan fingerprint density at radius 2 is 2.00 bits per heavy atom. The SMILES string of the molecule is CC(C)(C)P1C=CC1=O. The van der Waals surface area contributed by atoms with E-state index >= 15 is 0 Å². The maximum atomic E-state index is 10.8. The third kappa shape index (κ3) is 1.21. The minimum atomic E-state index is -0.419. The van der Waals surface area contributed by atoms with Crippen molar-refractivity contribution in [1.82, 2.24) is 0 Å². The summed E-state index contributed by atoms with van der Waals surface area (Å²) in [5, 5.41) is 0.196. The molecule has 50 valence electrons. The highest BCUT2D eigenvalue weighted by atomic mass is 31.1. The lowest BCUT2D eigenvalue weighted by atomic mass is 10.3. The molecular weight excluding hydrogens is 131 g/mol. The van der Waals surface area contributed by atoms with Crippen LogP contribution in [-0.2, 0) is 4.79 Å². The van der Waals surface area contributed by atoms with Crippen molar-refractivity contribution in [3.05, 3.63) is 11.9 Å². The first-order valence-electron chi connectivity index (χ1n) is 3.03. The van der Waals surface area contributed by atoms with Crippen molar-refractivity contribution in [1.29, 1.82) is 0 Å². The van der Waals surface area contributed by atoms with E-state index in [0.29, 0.717) is 5.52 Å². The van der Waals surface area contributed by atoms with Gasteiger partial charge in [0.1, 0.15) is 0 Å². The maximum Gasteiger partial charge on any atom is 0.181 e. The molecule has 0 aliphatic carbocycles. The fraction of sp³-hybridized carbons (Fsp3) is 0.571. The third-order valence-electron chi connectivity index (χ3n) is 1.33. The first-order chi connectivity index (χ1) is 4.02. The highest BCUT2D eigenvalue weighted by Crippen LogP contribution is 2.56. The van der Waals surface area contributed by atoms with Gasteiger partial charge in [-0.25, -0.2) is 0 Å². The van der Waals surface area contributed by atoms with Crippen molar-refractivity contribution in [2.24, 2.45) is 0 Å². The zero-order chi connectivity index (χ0) is 7.07. The predicted molar refractivity (Wildman–Crippen MR) is 40.8 cm³/mol. The van der Waals surface area contributed by atoms with Crippen LogP contribution in [0.4, 0.5) is 0 Å². The van der Waals surface area contributed by atoms with E-state index in [0.717, 1.165) is 0 Å². The molecule has 0 saturated carbocycles. The van der Waals surface area contributed by atoms with Gasteiger partial charge in [-0.15, -0.1) is 0 Å². The number of hydrogen-bond donors (Lipinski definition) is 0. The average Bonchev–Trinajstić information content (AvgIpc) is 1.57. The highest BCUT2D eigenvalue weighted by Gasteiger charge is 2.31. The first-order valence-corrected chi connectivity index (χ1v) is 4.44. The van der Waals surface area contributed by atoms with Gasteiger partial charge in [-0.2, -0.15) is 0 Å². The summed E-state index contributed by atoms with van der Waals surface area (Å²) >= 11 is 0. The molecule has 1 rings (SSSR count). The molecule has 0 fully saturated rings. The zero-order valence-corrected chi connectivity index (χ0v) is 6.90. The van der Waals surface area contributed by atoms with E-state index in [1.165, 1.54) is 0 Å². The van der Waals surface area contributed by atoms with Crippen LogP contribution >= 0.6 is 7.92 Å². The maximum absolute atomic E-state index is 10.8. The number of rotatable bonds is 0. The Morgan fingerprint density at radius 3 is 2.00 bits per heavy atom. The normalized spacial score (nSPS) is 26.1. The molecule has 2 heteroatoms. The van der Waals surface area contributed by atoms with Crippen LogP contribution in [-0.4, -0.2) is 10.7 Å². The van der Waals surface area contributed by atoms with Crippen molar-refractivity contribution in [3.8, 4) is 0 Å². The first kappa shape index (κ1) is 6.95. The topological polar surface area (TPSA) is 17.1 Å². The Bertz CT molecular complexity index is 164. The van der Waals surface area contributed by atoms with Gasteiger partial charge in [0, 0.05) is 0 Å². The van der Waals surface area contributed by atoms with Crippen molar-refractivity contribution in [2.45, 2.75) is 25.9 Å². The number of hydrogen-bond acceptors (Lipinski definition) is 1. The fourth-order valence-corrected chi connectivity index (χ4v) is 2.29. The summed E-state index contributed by atoms with van der Waals surface area (Å²) in [4.78, 5) is 10.8. The van der Waals surface area contributed by atoms with Gasteiger partial charge in [0.05, 0.1) is 0 Å². The Hall–Kier alpha value is -0.160. The van der Waals surface area contributed by atoms with Crippen molar-refractivity contribution in [3.63, 3.8) is 0 Å². The quantitative estimate of drug-likeness (QED) is 0.474. The van der Waals surface area contributed by atoms with Crippen LogP contribution in [0.1, 0.15) is 20.8 Å². The lowest BCUT2D eigenvalue weighted by Crippen LogP contribution is -2.18. The monoisotopic (exact) mass is 142 g/mol.